The van der Waals surface area contributed by atoms with Crippen LogP contribution in [0.5, 0.6) is 0 Å². The number of hydrogen-bond donors (Lipinski definition) is 3. The second-order valence-corrected chi connectivity index (χ2v) is 2.96. The number of hydrogen-bond acceptors (Lipinski definition) is 3. The van der Waals surface area contributed by atoms with Crippen molar-refractivity contribution in [3.8, 4) is 0 Å². The van der Waals surface area contributed by atoms with Crippen LogP contribution in [0.2, 0.25) is 0 Å². The fourth-order valence-electron chi connectivity index (χ4n) is 1.06. The van der Waals surface area contributed by atoms with Crippen LogP contribution in [-0.4, -0.2) is 29.2 Å². The lowest BCUT2D eigenvalue weighted by Crippen LogP contribution is -2.24. The van der Waals surface area contributed by atoms with Gasteiger partial charge in [0, 0.05) is 14.0 Å². The van der Waals surface area contributed by atoms with Crippen molar-refractivity contribution >= 4 is 18.0 Å². The molecule has 3 N–H and O–H groups in total. The summed E-state index contributed by atoms with van der Waals surface area (Å²) in [7, 11) is 1.00. The zero-order chi connectivity index (χ0) is 13.3. The summed E-state index contributed by atoms with van der Waals surface area (Å²) < 4.78 is 0. The SMILES string of the molecule is CC(=O)NC(=Cc1ccccc1)C(=O)O.CO. The molecule has 0 aliphatic heterocycles. The Morgan fingerprint density at radius 1 is 1.18 bits per heavy atom. The Balaban J connectivity index is 0.00000121. The third kappa shape index (κ3) is 6.11. The van der Waals surface area contributed by atoms with Crippen LogP contribution < -0.4 is 5.32 Å². The number of aliphatic carboxylic acids is 1. The van der Waals surface area contributed by atoms with Gasteiger partial charge in [-0.15, -0.1) is 0 Å². The van der Waals surface area contributed by atoms with Gasteiger partial charge in [-0.05, 0) is 11.6 Å². The Labute approximate surface area is 99.4 Å². The van der Waals surface area contributed by atoms with Gasteiger partial charge in [-0.1, -0.05) is 30.3 Å². The fourth-order valence-corrected chi connectivity index (χ4v) is 1.06. The van der Waals surface area contributed by atoms with Crippen LogP contribution in [0.3, 0.4) is 0 Å². The van der Waals surface area contributed by atoms with E-state index in [1.165, 1.54) is 13.0 Å². The van der Waals surface area contributed by atoms with E-state index >= 15 is 0 Å². The quantitative estimate of drug-likeness (QED) is 0.680. The van der Waals surface area contributed by atoms with Crippen molar-refractivity contribution in [1.82, 2.24) is 5.32 Å². The van der Waals surface area contributed by atoms with Gasteiger partial charge in [-0.2, -0.15) is 0 Å². The van der Waals surface area contributed by atoms with E-state index in [0.717, 1.165) is 12.7 Å². The van der Waals surface area contributed by atoms with E-state index < -0.39 is 11.9 Å². The molecule has 1 amide bonds. The highest BCUT2D eigenvalue weighted by Crippen LogP contribution is 2.04. The number of carboxylic acid groups (broad SMARTS) is 1. The average Bonchev–Trinajstić information content (AvgIpc) is 2.31. The lowest BCUT2D eigenvalue weighted by Gasteiger charge is -2.02. The number of amides is 1. The van der Waals surface area contributed by atoms with Crippen molar-refractivity contribution in [3.05, 3.63) is 41.6 Å². The molecule has 0 fully saturated rings. The molecule has 0 bridgehead atoms. The van der Waals surface area contributed by atoms with E-state index in [0.29, 0.717) is 0 Å². The normalized spacial score (nSPS) is 9.94. The molecule has 0 aliphatic rings. The van der Waals surface area contributed by atoms with Crippen molar-refractivity contribution in [2.24, 2.45) is 0 Å². The summed E-state index contributed by atoms with van der Waals surface area (Å²) in [5.41, 5.74) is 0.595. The van der Waals surface area contributed by atoms with Gasteiger partial charge in [-0.3, -0.25) is 4.79 Å². The smallest absolute Gasteiger partial charge is 0.352 e. The highest BCUT2D eigenvalue weighted by atomic mass is 16.4. The Hall–Kier alpha value is -2.14. The monoisotopic (exact) mass is 237 g/mol. The van der Waals surface area contributed by atoms with Crippen molar-refractivity contribution in [1.29, 1.82) is 0 Å². The molecule has 1 aromatic rings. The highest BCUT2D eigenvalue weighted by molar-refractivity contribution is 5.96. The maximum Gasteiger partial charge on any atom is 0.352 e. The van der Waals surface area contributed by atoms with Gasteiger partial charge >= 0.3 is 5.97 Å². The van der Waals surface area contributed by atoms with Crippen LogP contribution in [-0.2, 0) is 9.59 Å². The summed E-state index contributed by atoms with van der Waals surface area (Å²) in [6.07, 6.45) is 1.41. The molecule has 0 spiro atoms. The van der Waals surface area contributed by atoms with Gasteiger partial charge in [0.1, 0.15) is 5.70 Å². The zero-order valence-corrected chi connectivity index (χ0v) is 9.68. The van der Waals surface area contributed by atoms with Gasteiger partial charge in [0.15, 0.2) is 0 Å². The second-order valence-electron chi connectivity index (χ2n) is 2.96. The van der Waals surface area contributed by atoms with E-state index in [2.05, 4.69) is 5.32 Å². The summed E-state index contributed by atoms with van der Waals surface area (Å²) in [6, 6.07) is 8.92. The predicted octanol–water partition coefficient (Wildman–Crippen LogP) is 0.857. The minimum Gasteiger partial charge on any atom is -0.477 e. The van der Waals surface area contributed by atoms with Crippen LogP contribution in [0.15, 0.2) is 36.0 Å². The first kappa shape index (κ1) is 14.9. The van der Waals surface area contributed by atoms with Crippen LogP contribution in [0.25, 0.3) is 6.08 Å². The highest BCUT2D eigenvalue weighted by Gasteiger charge is 2.08. The van der Waals surface area contributed by atoms with Crippen LogP contribution in [0.4, 0.5) is 0 Å². The first-order valence-electron chi connectivity index (χ1n) is 4.82. The van der Waals surface area contributed by atoms with E-state index in [1.54, 1.807) is 24.3 Å². The third-order valence-electron chi connectivity index (χ3n) is 1.65. The molecule has 0 aromatic heterocycles. The number of benzene rings is 1. The number of aliphatic hydroxyl groups is 1. The molecule has 5 nitrogen and oxygen atoms in total. The van der Waals surface area contributed by atoms with Gasteiger partial charge in [-0.25, -0.2) is 4.79 Å². The lowest BCUT2D eigenvalue weighted by atomic mass is 10.2. The number of carboxylic acids is 1. The summed E-state index contributed by atoms with van der Waals surface area (Å²) in [5, 5.41) is 18.1. The molecule has 0 unspecified atom stereocenters. The van der Waals surface area contributed by atoms with Gasteiger partial charge < -0.3 is 15.5 Å². The summed E-state index contributed by atoms with van der Waals surface area (Å²) in [5.74, 6) is -1.56. The predicted molar refractivity (Wildman–Crippen MR) is 64.0 cm³/mol. The van der Waals surface area contributed by atoms with Crippen LogP contribution in [0, 0.1) is 0 Å². The van der Waals surface area contributed by atoms with Crippen molar-refractivity contribution in [2.45, 2.75) is 6.92 Å². The number of nitrogens with one attached hydrogen (secondary N) is 1. The topological polar surface area (TPSA) is 86.6 Å². The number of carbonyl (C=O) groups excluding carboxylic acids is 1. The molecule has 0 atom stereocenters. The lowest BCUT2D eigenvalue weighted by molar-refractivity contribution is -0.134. The van der Waals surface area contributed by atoms with Crippen LogP contribution >= 0.6 is 0 Å². The Bertz CT molecular complexity index is 398. The Morgan fingerprint density at radius 2 is 1.71 bits per heavy atom. The molecule has 17 heavy (non-hydrogen) atoms. The summed E-state index contributed by atoms with van der Waals surface area (Å²) in [4.78, 5) is 21.5. The molecule has 0 saturated heterocycles. The molecule has 1 aromatic carbocycles. The molecular weight excluding hydrogens is 222 g/mol. The maximum absolute atomic E-state index is 10.8. The average molecular weight is 237 g/mol. The first-order chi connectivity index (χ1) is 8.09. The maximum atomic E-state index is 10.8. The summed E-state index contributed by atoms with van der Waals surface area (Å²) >= 11 is 0. The third-order valence-corrected chi connectivity index (χ3v) is 1.65. The van der Waals surface area contributed by atoms with Crippen molar-refractivity contribution in [2.75, 3.05) is 7.11 Å². The molecule has 1 rings (SSSR count). The standard InChI is InChI=1S/C11H11NO3.CH4O/c1-8(13)12-10(11(14)15)7-9-5-3-2-4-6-9;1-2/h2-7H,1H3,(H,12,13)(H,14,15);2H,1H3. The number of carbonyl (C=O) groups is 2. The number of rotatable bonds is 3. The van der Waals surface area contributed by atoms with E-state index in [9.17, 15) is 9.59 Å². The largest absolute Gasteiger partial charge is 0.477 e. The van der Waals surface area contributed by atoms with Gasteiger partial charge in [0.25, 0.3) is 0 Å². The van der Waals surface area contributed by atoms with E-state index in [1.807, 2.05) is 6.07 Å². The van der Waals surface area contributed by atoms with Crippen molar-refractivity contribution in [3.63, 3.8) is 0 Å². The molecule has 0 heterocycles. The molecule has 92 valence electrons. The molecule has 5 heteroatoms. The molecule has 0 aliphatic carbocycles. The molecular formula is C12H15NO4. The second kappa shape index (κ2) is 8.06. The Morgan fingerprint density at radius 3 is 2.12 bits per heavy atom. The fraction of sp³-hybridized carbons (Fsp3) is 0.167. The van der Waals surface area contributed by atoms with Gasteiger partial charge in [0.05, 0.1) is 0 Å². The number of aliphatic hydroxyl groups excluding tert-OH is 1. The first-order valence-corrected chi connectivity index (χ1v) is 4.82. The van der Waals surface area contributed by atoms with Gasteiger partial charge in [0.2, 0.25) is 5.91 Å². The molecule has 0 radical (unpaired) electrons. The van der Waals surface area contributed by atoms with E-state index in [-0.39, 0.29) is 5.70 Å². The minimum absolute atomic E-state index is 0.131. The van der Waals surface area contributed by atoms with Crippen LogP contribution in [0.1, 0.15) is 12.5 Å². The zero-order valence-electron chi connectivity index (χ0n) is 9.68. The van der Waals surface area contributed by atoms with Crippen molar-refractivity contribution < 1.29 is 19.8 Å². The minimum atomic E-state index is -1.16. The van der Waals surface area contributed by atoms with E-state index in [4.69, 9.17) is 10.2 Å². The molecule has 0 saturated carbocycles. The Kier molecular flexibility index (Phi) is 7.05. The summed E-state index contributed by atoms with van der Waals surface area (Å²) in [6.45, 7) is 1.27.